The summed E-state index contributed by atoms with van der Waals surface area (Å²) in [6, 6.07) is 1.49. The molecule has 88 valence electrons. The third-order valence-electron chi connectivity index (χ3n) is 3.41. The lowest BCUT2D eigenvalue weighted by Gasteiger charge is -2.23. The van der Waals surface area contributed by atoms with E-state index in [4.69, 9.17) is 0 Å². The van der Waals surface area contributed by atoms with Gasteiger partial charge in [-0.25, -0.2) is 0 Å². The Morgan fingerprint density at radius 1 is 1.40 bits per heavy atom. The molecule has 1 N–H and O–H groups in total. The Labute approximate surface area is 102 Å². The number of hydrogen-bond acceptors (Lipinski definition) is 4. The van der Waals surface area contributed by atoms with Gasteiger partial charge in [0.2, 0.25) is 0 Å². The molecular weight excluding hydrogens is 224 g/mol. The van der Waals surface area contributed by atoms with E-state index >= 15 is 0 Å². The highest BCUT2D eigenvalue weighted by Crippen LogP contribution is 2.24. The third kappa shape index (κ3) is 3.55. The molecule has 0 radical (unpaired) electrons. The highest BCUT2D eigenvalue weighted by atomic mass is 32.2. The fourth-order valence-corrected chi connectivity index (χ4v) is 4.92. The molecule has 2 nitrogen and oxygen atoms in total. The van der Waals surface area contributed by atoms with E-state index in [1.165, 1.54) is 36.8 Å². The van der Waals surface area contributed by atoms with Crippen molar-refractivity contribution in [3.05, 3.63) is 0 Å². The zero-order chi connectivity index (χ0) is 10.7. The van der Waals surface area contributed by atoms with Crippen LogP contribution >= 0.6 is 23.5 Å². The van der Waals surface area contributed by atoms with E-state index in [0.29, 0.717) is 0 Å². The second-order valence-electron chi connectivity index (χ2n) is 4.70. The van der Waals surface area contributed by atoms with Gasteiger partial charge in [0.15, 0.2) is 0 Å². The van der Waals surface area contributed by atoms with Crippen LogP contribution in [0, 0.1) is 0 Å². The standard InChI is InChI=1S/C11H22N2S2/c1-9-5-10(7-13(9)2)12-6-11-8-14-3-4-15-11/h9-12H,3-8H2,1-2H3. The van der Waals surface area contributed by atoms with Crippen molar-refractivity contribution in [3.8, 4) is 0 Å². The van der Waals surface area contributed by atoms with Gasteiger partial charge in [-0.2, -0.15) is 23.5 Å². The Morgan fingerprint density at radius 3 is 2.87 bits per heavy atom. The molecule has 3 atom stereocenters. The van der Waals surface area contributed by atoms with Crippen molar-refractivity contribution in [2.75, 3.05) is 37.4 Å². The molecule has 2 saturated heterocycles. The Hall–Kier alpha value is 0.620. The van der Waals surface area contributed by atoms with Gasteiger partial charge in [-0.3, -0.25) is 0 Å². The van der Waals surface area contributed by atoms with E-state index < -0.39 is 0 Å². The Bertz CT molecular complexity index is 185. The molecular formula is C11H22N2S2. The fraction of sp³-hybridized carbons (Fsp3) is 1.00. The molecule has 15 heavy (non-hydrogen) atoms. The maximum Gasteiger partial charge on any atom is 0.0263 e. The highest BCUT2D eigenvalue weighted by molar-refractivity contribution is 8.06. The number of likely N-dealkylation sites (N-methyl/N-ethyl adjacent to an activating group) is 1. The molecule has 0 spiro atoms. The molecule has 0 aromatic heterocycles. The third-order valence-corrected chi connectivity index (χ3v) is 6.25. The lowest BCUT2D eigenvalue weighted by molar-refractivity contribution is 0.327. The van der Waals surface area contributed by atoms with Gasteiger partial charge in [-0.1, -0.05) is 0 Å². The summed E-state index contributed by atoms with van der Waals surface area (Å²) in [6.07, 6.45) is 1.32. The minimum atomic E-state index is 0.734. The van der Waals surface area contributed by atoms with Gasteiger partial charge in [0.1, 0.15) is 0 Å². The molecule has 0 aromatic carbocycles. The van der Waals surface area contributed by atoms with E-state index in [1.54, 1.807) is 0 Å². The lowest BCUT2D eigenvalue weighted by Crippen LogP contribution is -2.37. The zero-order valence-electron chi connectivity index (χ0n) is 9.74. The van der Waals surface area contributed by atoms with Crippen molar-refractivity contribution in [2.24, 2.45) is 0 Å². The molecule has 2 aliphatic rings. The van der Waals surface area contributed by atoms with E-state index in [1.807, 2.05) is 0 Å². The summed E-state index contributed by atoms with van der Waals surface area (Å²) in [6.45, 7) is 4.77. The van der Waals surface area contributed by atoms with Crippen LogP contribution in [0.3, 0.4) is 0 Å². The topological polar surface area (TPSA) is 15.3 Å². The predicted molar refractivity (Wildman–Crippen MR) is 72.1 cm³/mol. The van der Waals surface area contributed by atoms with Gasteiger partial charge in [0, 0.05) is 47.7 Å². The maximum atomic E-state index is 3.74. The number of thioether (sulfide) groups is 2. The number of hydrogen-bond donors (Lipinski definition) is 1. The van der Waals surface area contributed by atoms with Crippen LogP contribution < -0.4 is 5.32 Å². The smallest absolute Gasteiger partial charge is 0.0263 e. The molecule has 0 aromatic rings. The fourth-order valence-electron chi connectivity index (χ4n) is 2.29. The summed E-state index contributed by atoms with van der Waals surface area (Å²) >= 11 is 4.27. The Kier molecular flexibility index (Phi) is 4.68. The summed E-state index contributed by atoms with van der Waals surface area (Å²) in [5, 5.41) is 4.59. The largest absolute Gasteiger partial charge is 0.312 e. The summed E-state index contributed by atoms with van der Waals surface area (Å²) in [4.78, 5) is 2.46. The van der Waals surface area contributed by atoms with E-state index in [0.717, 1.165) is 17.3 Å². The minimum absolute atomic E-state index is 0.734. The first kappa shape index (κ1) is 12.1. The number of likely N-dealkylation sites (tertiary alicyclic amines) is 1. The summed E-state index contributed by atoms with van der Waals surface area (Å²) in [7, 11) is 2.23. The molecule has 2 rings (SSSR count). The first-order valence-corrected chi connectivity index (χ1v) is 8.09. The molecule has 0 aliphatic carbocycles. The van der Waals surface area contributed by atoms with Gasteiger partial charge in [-0.15, -0.1) is 0 Å². The molecule has 3 unspecified atom stereocenters. The van der Waals surface area contributed by atoms with Crippen LogP contribution in [0.5, 0.6) is 0 Å². The number of nitrogens with zero attached hydrogens (tertiary/aromatic N) is 1. The quantitative estimate of drug-likeness (QED) is 0.812. The molecule has 0 amide bonds. The molecule has 0 saturated carbocycles. The van der Waals surface area contributed by atoms with Crippen LogP contribution in [0.2, 0.25) is 0 Å². The number of rotatable bonds is 3. The van der Waals surface area contributed by atoms with Crippen molar-refractivity contribution in [1.29, 1.82) is 0 Å². The van der Waals surface area contributed by atoms with Crippen LogP contribution in [0.25, 0.3) is 0 Å². The zero-order valence-corrected chi connectivity index (χ0v) is 11.4. The van der Waals surface area contributed by atoms with Crippen molar-refractivity contribution in [3.63, 3.8) is 0 Å². The molecule has 2 aliphatic heterocycles. The van der Waals surface area contributed by atoms with E-state index in [2.05, 4.69) is 47.7 Å². The molecule has 0 bridgehead atoms. The van der Waals surface area contributed by atoms with Crippen molar-refractivity contribution >= 4 is 23.5 Å². The predicted octanol–water partition coefficient (Wildman–Crippen LogP) is 1.52. The van der Waals surface area contributed by atoms with Crippen LogP contribution in [-0.2, 0) is 0 Å². The summed E-state index contributed by atoms with van der Waals surface area (Å²) < 4.78 is 0. The van der Waals surface area contributed by atoms with Crippen molar-refractivity contribution < 1.29 is 0 Å². The van der Waals surface area contributed by atoms with Crippen LogP contribution in [0.4, 0.5) is 0 Å². The van der Waals surface area contributed by atoms with Crippen LogP contribution in [-0.4, -0.2) is 59.6 Å². The Balaban J connectivity index is 1.65. The summed E-state index contributed by atoms with van der Waals surface area (Å²) in [5.74, 6) is 4.04. The second kappa shape index (κ2) is 5.80. The molecule has 4 heteroatoms. The van der Waals surface area contributed by atoms with Gasteiger partial charge in [-0.05, 0) is 20.4 Å². The minimum Gasteiger partial charge on any atom is -0.312 e. The SMILES string of the molecule is CC1CC(NCC2CSCCS2)CN1C. The van der Waals surface area contributed by atoms with Crippen molar-refractivity contribution in [1.82, 2.24) is 10.2 Å². The van der Waals surface area contributed by atoms with E-state index in [-0.39, 0.29) is 0 Å². The monoisotopic (exact) mass is 246 g/mol. The summed E-state index contributed by atoms with van der Waals surface area (Å²) in [5.41, 5.74) is 0. The normalized spacial score (nSPS) is 38.4. The maximum absolute atomic E-state index is 3.74. The van der Waals surface area contributed by atoms with Crippen LogP contribution in [0.1, 0.15) is 13.3 Å². The van der Waals surface area contributed by atoms with Gasteiger partial charge < -0.3 is 10.2 Å². The first-order chi connectivity index (χ1) is 7.25. The average molecular weight is 246 g/mol. The molecule has 2 fully saturated rings. The number of nitrogens with one attached hydrogen (secondary N) is 1. The highest BCUT2D eigenvalue weighted by Gasteiger charge is 2.26. The second-order valence-corrected chi connectivity index (χ2v) is 7.26. The Morgan fingerprint density at radius 2 is 2.27 bits per heavy atom. The lowest BCUT2D eigenvalue weighted by atomic mass is 10.2. The average Bonchev–Trinajstić information content (AvgIpc) is 2.57. The van der Waals surface area contributed by atoms with Gasteiger partial charge in [0.25, 0.3) is 0 Å². The van der Waals surface area contributed by atoms with Gasteiger partial charge in [0.05, 0.1) is 0 Å². The van der Waals surface area contributed by atoms with Crippen molar-refractivity contribution in [2.45, 2.75) is 30.7 Å². The van der Waals surface area contributed by atoms with E-state index in [9.17, 15) is 0 Å². The first-order valence-electron chi connectivity index (χ1n) is 5.88. The van der Waals surface area contributed by atoms with Gasteiger partial charge >= 0.3 is 0 Å². The molecule has 2 heterocycles. The van der Waals surface area contributed by atoms with Crippen LogP contribution in [0.15, 0.2) is 0 Å².